The van der Waals surface area contributed by atoms with Crippen LogP contribution in [0.25, 0.3) is 0 Å². The van der Waals surface area contributed by atoms with Crippen LogP contribution in [0.5, 0.6) is 11.5 Å². The van der Waals surface area contributed by atoms with Gasteiger partial charge in [-0.25, -0.2) is 8.42 Å². The summed E-state index contributed by atoms with van der Waals surface area (Å²) in [5, 5.41) is 25.5. The Hall–Kier alpha value is -2.01. The molecular weight excluding hydrogens is 817 g/mol. The maximum Gasteiger partial charge on any atom is 0.207 e. The average molecular weight is 924 g/mol. The van der Waals surface area contributed by atoms with Crippen molar-refractivity contribution in [2.75, 3.05) is 0 Å². The molecule has 2 aromatic carbocycles. The summed E-state index contributed by atoms with van der Waals surface area (Å²) in [4.78, 5) is 1.17. The molecule has 0 fully saturated rings. The first kappa shape index (κ1) is 59.1. The first-order chi connectivity index (χ1) is 31.7. The maximum atomic E-state index is 17.0. The SMILES string of the molecule is CCCCCCc1c(O)c(CCCCCC)c(CCCCCC)c(S(=O)(=O)c2c(CCCCCC)c(CCCCCC)c(O)c(CCCCCC)c2CCCCCC)c1CCCCCC. The normalized spacial score (nSPS) is 11.9. The number of hydrogen-bond acceptors (Lipinski definition) is 4. The Morgan fingerprint density at radius 1 is 0.246 bits per heavy atom. The summed E-state index contributed by atoms with van der Waals surface area (Å²) in [5.74, 6) is 0.845. The smallest absolute Gasteiger partial charge is 0.207 e. The molecule has 0 heterocycles. The van der Waals surface area contributed by atoms with Crippen LogP contribution in [0.3, 0.4) is 0 Å². The van der Waals surface area contributed by atoms with E-state index in [1.807, 2.05) is 0 Å². The Balaban J connectivity index is 3.39. The predicted molar refractivity (Wildman–Crippen MR) is 284 cm³/mol. The molecule has 0 aliphatic heterocycles. The van der Waals surface area contributed by atoms with Crippen molar-refractivity contribution in [2.24, 2.45) is 0 Å². The number of phenols is 2. The van der Waals surface area contributed by atoms with Crippen molar-refractivity contribution < 1.29 is 18.6 Å². The molecule has 0 aliphatic rings. The highest BCUT2D eigenvalue weighted by Crippen LogP contribution is 2.47. The minimum absolute atomic E-state index is 0.423. The van der Waals surface area contributed by atoms with Crippen molar-refractivity contribution in [2.45, 2.75) is 322 Å². The van der Waals surface area contributed by atoms with Gasteiger partial charge in [-0.05, 0) is 147 Å². The number of unbranched alkanes of at least 4 members (excludes halogenated alkanes) is 24. The summed E-state index contributed by atoms with van der Waals surface area (Å²) >= 11 is 0. The number of rotatable bonds is 42. The summed E-state index contributed by atoms with van der Waals surface area (Å²) in [5.41, 5.74) is 7.50. The molecule has 0 bridgehead atoms. The molecule has 2 aromatic rings. The van der Waals surface area contributed by atoms with Gasteiger partial charge in [0.2, 0.25) is 9.84 Å². The lowest BCUT2D eigenvalue weighted by molar-refractivity contribution is 0.451. The molecule has 0 unspecified atom stereocenters. The molecule has 0 atom stereocenters. The fraction of sp³-hybridized carbons (Fsp3) is 0.800. The molecule has 0 spiro atoms. The van der Waals surface area contributed by atoms with Crippen LogP contribution >= 0.6 is 0 Å². The van der Waals surface area contributed by atoms with Gasteiger partial charge in [0.15, 0.2) is 0 Å². The van der Waals surface area contributed by atoms with Crippen LogP contribution in [0.1, 0.15) is 305 Å². The van der Waals surface area contributed by atoms with E-state index in [-0.39, 0.29) is 0 Å². The summed E-state index contributed by atoms with van der Waals surface area (Å²) in [6, 6.07) is 0. The van der Waals surface area contributed by atoms with Crippen molar-refractivity contribution >= 4 is 9.84 Å². The van der Waals surface area contributed by atoms with Crippen molar-refractivity contribution in [1.29, 1.82) is 0 Å². The third-order valence-corrected chi connectivity index (χ3v) is 16.5. The van der Waals surface area contributed by atoms with Crippen LogP contribution in [0, 0.1) is 0 Å². The second kappa shape index (κ2) is 36.0. The number of phenolic OH excluding ortho intramolecular Hbond substituents is 2. The number of sulfone groups is 1. The fourth-order valence-corrected chi connectivity index (χ4v) is 13.0. The minimum Gasteiger partial charge on any atom is -0.507 e. The van der Waals surface area contributed by atoms with Gasteiger partial charge in [-0.1, -0.05) is 209 Å². The van der Waals surface area contributed by atoms with E-state index in [0.29, 0.717) is 47.0 Å². The Kier molecular flexibility index (Phi) is 32.8. The lowest BCUT2D eigenvalue weighted by Crippen LogP contribution is -2.20. The van der Waals surface area contributed by atoms with Gasteiger partial charge in [0.05, 0.1) is 9.79 Å². The van der Waals surface area contributed by atoms with E-state index in [1.165, 1.54) is 0 Å². The van der Waals surface area contributed by atoms with E-state index in [4.69, 9.17) is 0 Å². The lowest BCUT2D eigenvalue weighted by Gasteiger charge is -2.29. The second-order valence-corrected chi connectivity index (χ2v) is 22.0. The van der Waals surface area contributed by atoms with Crippen molar-refractivity contribution in [3.8, 4) is 11.5 Å². The van der Waals surface area contributed by atoms with Crippen LogP contribution < -0.4 is 0 Å². The molecule has 2 N–H and O–H groups in total. The van der Waals surface area contributed by atoms with Crippen molar-refractivity contribution in [3.05, 3.63) is 44.5 Å². The molecule has 4 nitrogen and oxygen atoms in total. The van der Waals surface area contributed by atoms with Crippen LogP contribution in [0.15, 0.2) is 9.79 Å². The van der Waals surface area contributed by atoms with E-state index in [2.05, 4.69) is 55.4 Å². The van der Waals surface area contributed by atoms with Gasteiger partial charge in [0, 0.05) is 0 Å². The summed E-state index contributed by atoms with van der Waals surface area (Å²) in [7, 11) is -4.12. The quantitative estimate of drug-likeness (QED) is 0.0651. The molecule has 2 rings (SSSR count). The molecule has 376 valence electrons. The van der Waals surface area contributed by atoms with E-state index in [9.17, 15) is 10.2 Å². The summed E-state index contributed by atoms with van der Waals surface area (Å²) < 4.78 is 34.1. The monoisotopic (exact) mass is 923 g/mol. The zero-order valence-corrected chi connectivity index (χ0v) is 45.2. The van der Waals surface area contributed by atoms with Gasteiger partial charge in [-0.2, -0.15) is 0 Å². The van der Waals surface area contributed by atoms with Crippen LogP contribution in [-0.2, 0) is 61.2 Å². The number of hydrogen-bond donors (Lipinski definition) is 2. The Morgan fingerprint density at radius 3 is 0.554 bits per heavy atom. The van der Waals surface area contributed by atoms with E-state index < -0.39 is 9.84 Å². The molecule has 0 saturated carbocycles. The van der Waals surface area contributed by atoms with Gasteiger partial charge in [0.25, 0.3) is 0 Å². The van der Waals surface area contributed by atoms with Crippen LogP contribution in [0.4, 0.5) is 0 Å². The van der Waals surface area contributed by atoms with Crippen molar-refractivity contribution in [1.82, 2.24) is 0 Å². The Labute approximate surface area is 404 Å². The number of aromatic hydroxyl groups is 2. The van der Waals surface area contributed by atoms with Gasteiger partial charge in [-0.15, -0.1) is 0 Å². The molecule has 65 heavy (non-hydrogen) atoms. The van der Waals surface area contributed by atoms with E-state index in [1.54, 1.807) is 0 Å². The summed E-state index contributed by atoms with van der Waals surface area (Å²) in [6.07, 6.45) is 39.9. The molecule has 5 heteroatoms. The third-order valence-electron chi connectivity index (χ3n) is 14.5. The topological polar surface area (TPSA) is 74.6 Å². The van der Waals surface area contributed by atoms with Gasteiger partial charge in [0.1, 0.15) is 11.5 Å². The zero-order valence-electron chi connectivity index (χ0n) is 44.4. The zero-order chi connectivity index (χ0) is 47.7. The fourth-order valence-electron chi connectivity index (χ4n) is 10.6. The van der Waals surface area contributed by atoms with Gasteiger partial charge >= 0.3 is 0 Å². The Bertz CT molecular complexity index is 1440. The van der Waals surface area contributed by atoms with Crippen LogP contribution in [0.2, 0.25) is 0 Å². The predicted octanol–water partition coefficient (Wildman–Crippen LogP) is 18.9. The summed E-state index contributed by atoms with van der Waals surface area (Å²) in [6.45, 7) is 18.0. The van der Waals surface area contributed by atoms with Crippen molar-refractivity contribution in [3.63, 3.8) is 0 Å². The Morgan fingerprint density at radius 2 is 0.400 bits per heavy atom. The highest BCUT2D eigenvalue weighted by Gasteiger charge is 2.37. The largest absolute Gasteiger partial charge is 0.507 e. The van der Waals surface area contributed by atoms with Crippen LogP contribution in [-0.4, -0.2) is 18.6 Å². The molecule has 0 radical (unpaired) electrons. The molecule has 0 aliphatic carbocycles. The molecule has 0 saturated heterocycles. The first-order valence-electron chi connectivity index (χ1n) is 28.7. The maximum absolute atomic E-state index is 17.0. The standard InChI is InChI=1S/C60H106O4S/c1-9-17-25-33-41-49-53(45-37-29-21-13-5)59(54(46-38-30-22-14-6)50(57(49)61)42-34-26-18-10-2)65(63,64)60-55(47-39-31-23-15-7)51(43-35-27-19-11-3)58(62)52(44-36-28-20-12-4)56(60)48-40-32-24-16-8/h61-62H,9-48H2,1-8H3. The average Bonchev–Trinajstić information content (AvgIpc) is 3.29. The molecular formula is C60H106O4S. The van der Waals surface area contributed by atoms with Gasteiger partial charge < -0.3 is 10.2 Å². The lowest BCUT2D eigenvalue weighted by atomic mass is 9.86. The highest BCUT2D eigenvalue weighted by molar-refractivity contribution is 7.91. The minimum atomic E-state index is -4.12. The third kappa shape index (κ3) is 19.9. The highest BCUT2D eigenvalue weighted by atomic mass is 32.2. The number of benzene rings is 2. The molecule has 0 aromatic heterocycles. The first-order valence-corrected chi connectivity index (χ1v) is 30.2. The molecule has 0 amide bonds. The second-order valence-electron chi connectivity index (χ2n) is 20.2. The van der Waals surface area contributed by atoms with E-state index in [0.717, 1.165) is 276 Å². The van der Waals surface area contributed by atoms with Gasteiger partial charge in [-0.3, -0.25) is 0 Å². The van der Waals surface area contributed by atoms with E-state index >= 15 is 8.42 Å².